The Balaban J connectivity index is 1.32. The zero-order valence-electron chi connectivity index (χ0n) is 20.2. The van der Waals surface area contributed by atoms with Crippen LogP contribution in [-0.4, -0.2) is 47.2 Å². The minimum Gasteiger partial charge on any atom is -0.481 e. The van der Waals surface area contributed by atoms with Crippen LogP contribution < -0.4 is 5.32 Å². The van der Waals surface area contributed by atoms with Crippen LogP contribution in [0.5, 0.6) is 0 Å². The molecule has 0 fully saturated rings. The molecular formula is C29H30N2O5. The number of benzene rings is 3. The number of carboxylic acid groups (broad SMARTS) is 1. The van der Waals surface area contributed by atoms with E-state index in [1.165, 1.54) is 4.90 Å². The molecule has 1 unspecified atom stereocenters. The topological polar surface area (TPSA) is 95.9 Å². The van der Waals surface area contributed by atoms with E-state index in [1.807, 2.05) is 54.6 Å². The molecule has 0 aromatic heterocycles. The average molecular weight is 487 g/mol. The number of hydrogen-bond donors (Lipinski definition) is 2. The van der Waals surface area contributed by atoms with Crippen molar-refractivity contribution in [3.63, 3.8) is 0 Å². The lowest BCUT2D eigenvalue weighted by molar-refractivity contribution is -0.138. The first-order valence-electron chi connectivity index (χ1n) is 12.1. The number of carbonyl (C=O) groups is 3. The summed E-state index contributed by atoms with van der Waals surface area (Å²) in [5, 5.41) is 11.8. The van der Waals surface area contributed by atoms with Gasteiger partial charge in [-0.1, -0.05) is 78.9 Å². The molecule has 0 saturated carbocycles. The summed E-state index contributed by atoms with van der Waals surface area (Å²) in [6.07, 6.45) is -0.694. The van der Waals surface area contributed by atoms with Gasteiger partial charge in [0.1, 0.15) is 6.61 Å². The Morgan fingerprint density at radius 3 is 2.11 bits per heavy atom. The van der Waals surface area contributed by atoms with E-state index in [9.17, 15) is 14.4 Å². The predicted molar refractivity (Wildman–Crippen MR) is 136 cm³/mol. The fourth-order valence-corrected chi connectivity index (χ4v) is 4.61. The van der Waals surface area contributed by atoms with Gasteiger partial charge < -0.3 is 20.1 Å². The van der Waals surface area contributed by atoms with Gasteiger partial charge in [0.05, 0.1) is 6.42 Å². The van der Waals surface area contributed by atoms with E-state index < -0.39 is 18.1 Å². The van der Waals surface area contributed by atoms with Gasteiger partial charge in [0.25, 0.3) is 0 Å². The second kappa shape index (κ2) is 11.5. The smallest absolute Gasteiger partial charge is 0.407 e. The Labute approximate surface area is 210 Å². The summed E-state index contributed by atoms with van der Waals surface area (Å²) < 4.78 is 5.57. The fourth-order valence-electron chi connectivity index (χ4n) is 4.61. The van der Waals surface area contributed by atoms with Crippen molar-refractivity contribution in [1.82, 2.24) is 10.2 Å². The van der Waals surface area contributed by atoms with E-state index >= 15 is 0 Å². The zero-order chi connectivity index (χ0) is 25.5. The Morgan fingerprint density at radius 1 is 0.917 bits per heavy atom. The van der Waals surface area contributed by atoms with Crippen LogP contribution in [0.15, 0.2) is 78.9 Å². The van der Waals surface area contributed by atoms with Gasteiger partial charge in [0, 0.05) is 31.5 Å². The first-order chi connectivity index (χ1) is 17.4. The largest absolute Gasteiger partial charge is 0.481 e. The molecule has 186 valence electrons. The Hall–Kier alpha value is -4.13. The van der Waals surface area contributed by atoms with Gasteiger partial charge in [-0.2, -0.15) is 0 Å². The molecule has 0 spiro atoms. The third kappa shape index (κ3) is 6.10. The van der Waals surface area contributed by atoms with E-state index in [2.05, 4.69) is 29.6 Å². The Bertz CT molecular complexity index is 1180. The summed E-state index contributed by atoms with van der Waals surface area (Å²) in [7, 11) is 0. The van der Waals surface area contributed by atoms with Crippen LogP contribution in [0.3, 0.4) is 0 Å². The van der Waals surface area contributed by atoms with Gasteiger partial charge in [-0.15, -0.1) is 0 Å². The molecule has 3 aromatic rings. The molecule has 1 aliphatic rings. The van der Waals surface area contributed by atoms with E-state index in [0.717, 1.165) is 27.8 Å². The highest BCUT2D eigenvalue weighted by molar-refractivity contribution is 5.80. The van der Waals surface area contributed by atoms with Crippen LogP contribution in [0, 0.1) is 0 Å². The second-order valence-electron chi connectivity index (χ2n) is 9.02. The number of hydrogen-bond acceptors (Lipinski definition) is 4. The molecule has 0 aliphatic heterocycles. The lowest BCUT2D eigenvalue weighted by Gasteiger charge is -2.24. The Morgan fingerprint density at radius 2 is 1.50 bits per heavy atom. The normalized spacial score (nSPS) is 12.8. The van der Waals surface area contributed by atoms with Crippen LogP contribution in [0.4, 0.5) is 4.79 Å². The van der Waals surface area contributed by atoms with Gasteiger partial charge in [0.2, 0.25) is 5.91 Å². The van der Waals surface area contributed by atoms with Crippen molar-refractivity contribution in [2.24, 2.45) is 0 Å². The van der Waals surface area contributed by atoms with Gasteiger partial charge in [-0.05, 0) is 34.7 Å². The van der Waals surface area contributed by atoms with E-state index in [1.54, 1.807) is 6.92 Å². The first-order valence-corrected chi connectivity index (χ1v) is 12.1. The number of carbonyl (C=O) groups excluding carboxylic acids is 2. The van der Waals surface area contributed by atoms with Gasteiger partial charge in [0.15, 0.2) is 0 Å². The van der Waals surface area contributed by atoms with Gasteiger partial charge in [-0.3, -0.25) is 9.59 Å². The highest BCUT2D eigenvalue weighted by Gasteiger charge is 2.29. The van der Waals surface area contributed by atoms with Crippen molar-refractivity contribution in [1.29, 1.82) is 0 Å². The maximum absolute atomic E-state index is 12.9. The summed E-state index contributed by atoms with van der Waals surface area (Å²) >= 11 is 0. The van der Waals surface area contributed by atoms with Crippen LogP contribution in [0.1, 0.15) is 42.4 Å². The fraction of sp³-hybridized carbons (Fsp3) is 0.276. The molecule has 2 amide bonds. The third-order valence-corrected chi connectivity index (χ3v) is 6.35. The number of rotatable bonds is 10. The number of ether oxygens (including phenoxy) is 1. The summed E-state index contributed by atoms with van der Waals surface area (Å²) in [5.41, 5.74) is 5.48. The molecule has 36 heavy (non-hydrogen) atoms. The van der Waals surface area contributed by atoms with Crippen LogP contribution in [0.2, 0.25) is 0 Å². The summed E-state index contributed by atoms with van der Waals surface area (Å²) in [6, 6.07) is 25.2. The van der Waals surface area contributed by atoms with Crippen molar-refractivity contribution in [3.05, 3.63) is 95.6 Å². The first kappa shape index (κ1) is 25.0. The predicted octanol–water partition coefficient (Wildman–Crippen LogP) is 4.81. The molecule has 7 nitrogen and oxygen atoms in total. The second-order valence-corrected chi connectivity index (χ2v) is 9.02. The van der Waals surface area contributed by atoms with Crippen molar-refractivity contribution >= 4 is 18.0 Å². The molecule has 4 rings (SSSR count). The number of carboxylic acids is 1. The number of amides is 2. The molecular weight excluding hydrogens is 456 g/mol. The van der Waals surface area contributed by atoms with Gasteiger partial charge >= 0.3 is 12.1 Å². The molecule has 0 bridgehead atoms. The molecule has 1 atom stereocenters. The van der Waals surface area contributed by atoms with Crippen molar-refractivity contribution in [2.75, 3.05) is 13.2 Å². The molecule has 7 heteroatoms. The monoisotopic (exact) mass is 486 g/mol. The third-order valence-electron chi connectivity index (χ3n) is 6.35. The maximum atomic E-state index is 12.9. The minimum absolute atomic E-state index is 0.0383. The number of nitrogens with one attached hydrogen (secondary N) is 1. The van der Waals surface area contributed by atoms with Crippen molar-refractivity contribution < 1.29 is 24.2 Å². The molecule has 0 heterocycles. The lowest BCUT2D eigenvalue weighted by Crippen LogP contribution is -2.40. The van der Waals surface area contributed by atoms with Crippen LogP contribution >= 0.6 is 0 Å². The minimum atomic E-state index is -0.967. The molecule has 2 N–H and O–H groups in total. The quantitative estimate of drug-likeness (QED) is 0.429. The highest BCUT2D eigenvalue weighted by Crippen LogP contribution is 2.44. The molecule has 3 aromatic carbocycles. The number of nitrogens with zero attached hydrogens (tertiary/aromatic N) is 1. The standard InChI is InChI=1S/C29H30N2O5/c1-20(17-27(32)31(16-15-28(33)34)18-21-9-3-2-4-10-21)30-29(35)36-19-26-24-13-7-5-11-22(24)23-12-6-8-14-25(23)26/h2-14,20,26H,15-19H2,1H3,(H,30,35)(H,33,34). The molecule has 0 radical (unpaired) electrons. The Kier molecular flexibility index (Phi) is 8.00. The van der Waals surface area contributed by atoms with E-state index in [0.29, 0.717) is 6.54 Å². The summed E-state index contributed by atoms with van der Waals surface area (Å²) in [4.78, 5) is 38.1. The van der Waals surface area contributed by atoms with Crippen molar-refractivity contribution in [2.45, 2.75) is 38.3 Å². The lowest BCUT2D eigenvalue weighted by atomic mass is 9.98. The van der Waals surface area contributed by atoms with E-state index in [-0.39, 0.29) is 37.8 Å². The maximum Gasteiger partial charge on any atom is 0.407 e. The molecule has 1 aliphatic carbocycles. The number of alkyl carbamates (subject to hydrolysis) is 1. The SMILES string of the molecule is CC(CC(=O)N(CCC(=O)O)Cc1ccccc1)NC(=O)OCC1c2ccccc2-c2ccccc21. The number of fused-ring (bicyclic) bond motifs is 3. The summed E-state index contributed by atoms with van der Waals surface area (Å²) in [5.74, 6) is -1.24. The number of aliphatic carboxylic acids is 1. The van der Waals surface area contributed by atoms with Crippen LogP contribution in [-0.2, 0) is 20.9 Å². The van der Waals surface area contributed by atoms with Gasteiger partial charge in [-0.25, -0.2) is 4.79 Å². The van der Waals surface area contributed by atoms with Crippen LogP contribution in [0.25, 0.3) is 11.1 Å². The van der Waals surface area contributed by atoms with Crippen molar-refractivity contribution in [3.8, 4) is 11.1 Å². The average Bonchev–Trinajstić information content (AvgIpc) is 3.19. The molecule has 0 saturated heterocycles. The zero-order valence-corrected chi connectivity index (χ0v) is 20.2. The summed E-state index contributed by atoms with van der Waals surface area (Å²) in [6.45, 7) is 2.34. The van der Waals surface area contributed by atoms with E-state index in [4.69, 9.17) is 9.84 Å². The highest BCUT2D eigenvalue weighted by atomic mass is 16.5.